The van der Waals surface area contributed by atoms with Crippen LogP contribution in [0.5, 0.6) is 0 Å². The Bertz CT molecular complexity index is 318. The Morgan fingerprint density at radius 2 is 1.27 bits per heavy atom. The van der Waals surface area contributed by atoms with E-state index in [4.69, 9.17) is 5.11 Å². The van der Waals surface area contributed by atoms with Crippen molar-refractivity contribution >= 4 is 17.9 Å². The van der Waals surface area contributed by atoms with Crippen molar-refractivity contribution in [2.75, 3.05) is 27.7 Å². The third-order valence-electron chi connectivity index (χ3n) is 1.92. The smallest absolute Gasteiger partial charge is 0.550 e. The molecule has 10 heteroatoms. The Labute approximate surface area is 215 Å². The first-order chi connectivity index (χ1) is 8.94. The number of carboxylic acid groups (broad SMARTS) is 3. The summed E-state index contributed by atoms with van der Waals surface area (Å²) >= 11 is 0. The molecule has 0 spiro atoms. The molecule has 0 fully saturated rings. The van der Waals surface area contributed by atoms with Gasteiger partial charge in [-0.3, -0.25) is 0 Å². The van der Waals surface area contributed by atoms with Gasteiger partial charge in [-0.15, -0.1) is 0 Å². The molecule has 0 amide bonds. The summed E-state index contributed by atoms with van der Waals surface area (Å²) in [6, 6.07) is 0. The van der Waals surface area contributed by atoms with E-state index >= 15 is 0 Å². The third kappa shape index (κ3) is 33.3. The fourth-order valence-electron chi connectivity index (χ4n) is 1.27. The van der Waals surface area contributed by atoms with E-state index < -0.39 is 24.0 Å². The number of carboxylic acids is 3. The van der Waals surface area contributed by atoms with Crippen molar-refractivity contribution < 1.29 is 142 Å². The second kappa shape index (κ2) is 17.4. The topological polar surface area (TPSA) is 141 Å². The predicted molar refractivity (Wildman–Crippen MR) is 62.4 cm³/mol. The van der Waals surface area contributed by atoms with Gasteiger partial charge in [-0.25, -0.2) is 0 Å². The van der Waals surface area contributed by atoms with Crippen molar-refractivity contribution in [3.05, 3.63) is 0 Å². The summed E-state index contributed by atoms with van der Waals surface area (Å²) in [5.41, 5.74) is 0. The monoisotopic (exact) mass is 369 g/mol. The van der Waals surface area contributed by atoms with Crippen LogP contribution in [-0.2, 0) is 14.4 Å². The van der Waals surface area contributed by atoms with Crippen LogP contribution in [0.2, 0.25) is 0 Å². The van der Waals surface area contributed by atoms with E-state index in [9.17, 15) is 29.7 Å². The van der Waals surface area contributed by atoms with E-state index in [1.165, 1.54) is 0 Å². The predicted octanol–water partition coefficient (Wildman–Crippen LogP) is -10.1. The molecule has 0 heterocycles. The number of carbonyl (C=O) groups is 3. The van der Waals surface area contributed by atoms with Gasteiger partial charge in [-0.2, -0.15) is 0 Å². The number of rotatable bonds is 8. The number of likely N-dealkylation sites (N-methyl/N-ethyl adjacent to an activating group) is 1. The van der Waals surface area contributed by atoms with Crippen molar-refractivity contribution in [3.63, 3.8) is 0 Å². The SMILES string of the molecule is C[N+](C)(C)C[C@H](O)CC(=O)[O-].O=C([O-])CCCC(=O)[O-].[K+].[K+]. The van der Waals surface area contributed by atoms with Crippen LogP contribution in [-0.4, -0.2) is 61.3 Å². The third-order valence-corrected chi connectivity index (χ3v) is 1.92. The molecule has 0 saturated carbocycles. The standard InChI is InChI=1S/C7H15NO3.C5H8O4.2K/c1-8(2,3)5-6(9)4-7(10)11;6-4(7)2-1-3-5(8)9;;/h6,9H,4-5H2,1-3H3;1-3H2,(H,6,7)(H,8,9);;/q;;2*+1/p-2/t6-;;;/m1.../s1. The van der Waals surface area contributed by atoms with E-state index in [1.807, 2.05) is 21.1 Å². The first kappa shape index (κ1) is 31.4. The van der Waals surface area contributed by atoms with Gasteiger partial charge in [-0.1, -0.05) is 0 Å². The average molecular weight is 369 g/mol. The van der Waals surface area contributed by atoms with Gasteiger partial charge in [0, 0.05) is 24.3 Å². The van der Waals surface area contributed by atoms with Gasteiger partial charge in [0.05, 0.1) is 21.1 Å². The van der Waals surface area contributed by atoms with Crippen LogP contribution >= 0.6 is 0 Å². The molecule has 22 heavy (non-hydrogen) atoms. The number of carbonyl (C=O) groups excluding carboxylic acids is 3. The quantitative estimate of drug-likeness (QED) is 0.331. The normalized spacial score (nSPS) is 10.9. The molecule has 0 radical (unpaired) electrons. The molecule has 0 aromatic carbocycles. The minimum absolute atomic E-state index is 0. The van der Waals surface area contributed by atoms with Crippen LogP contribution in [0.15, 0.2) is 0 Å². The maximum absolute atomic E-state index is 10.0. The zero-order valence-corrected chi connectivity index (χ0v) is 20.2. The molecule has 0 unspecified atom stereocenters. The Kier molecular flexibility index (Phi) is 24.9. The van der Waals surface area contributed by atoms with Crippen LogP contribution in [0.25, 0.3) is 0 Å². The molecule has 0 aromatic rings. The summed E-state index contributed by atoms with van der Waals surface area (Å²) in [6.45, 7) is 0.425. The average Bonchev–Trinajstić information content (AvgIpc) is 2.11. The Morgan fingerprint density at radius 1 is 0.909 bits per heavy atom. The summed E-state index contributed by atoms with van der Waals surface area (Å²) in [4.78, 5) is 29.3. The van der Waals surface area contributed by atoms with E-state index in [1.54, 1.807) is 0 Å². The van der Waals surface area contributed by atoms with Crippen LogP contribution in [0.3, 0.4) is 0 Å². The van der Waals surface area contributed by atoms with Crippen LogP contribution in [0.1, 0.15) is 25.7 Å². The first-order valence-electron chi connectivity index (χ1n) is 6.02. The van der Waals surface area contributed by atoms with E-state index in [0.717, 1.165) is 0 Å². The van der Waals surface area contributed by atoms with Crippen LogP contribution < -0.4 is 118 Å². The first-order valence-corrected chi connectivity index (χ1v) is 6.02. The van der Waals surface area contributed by atoms with Crippen molar-refractivity contribution in [1.29, 1.82) is 0 Å². The van der Waals surface area contributed by atoms with E-state index in [2.05, 4.69) is 0 Å². The van der Waals surface area contributed by atoms with Gasteiger partial charge in [-0.05, 0) is 19.3 Å². The molecule has 0 bridgehead atoms. The second-order valence-corrected chi connectivity index (χ2v) is 5.30. The van der Waals surface area contributed by atoms with E-state index in [-0.39, 0.29) is 128 Å². The Hall–Kier alpha value is 1.60. The molecular formula is C12H21K2NO7. The number of hydrogen-bond donors (Lipinski definition) is 1. The largest absolute Gasteiger partial charge is 1.00 e. The molecule has 118 valence electrons. The summed E-state index contributed by atoms with van der Waals surface area (Å²) < 4.78 is 0.550. The molecule has 0 aliphatic rings. The summed E-state index contributed by atoms with van der Waals surface area (Å²) in [6.07, 6.45) is -1.43. The van der Waals surface area contributed by atoms with Gasteiger partial charge < -0.3 is 39.3 Å². The van der Waals surface area contributed by atoms with E-state index in [0.29, 0.717) is 11.0 Å². The molecule has 1 N–H and O–H groups in total. The maximum atomic E-state index is 10.0. The Balaban J connectivity index is -0.000000137. The zero-order chi connectivity index (χ0) is 16.3. The van der Waals surface area contributed by atoms with Gasteiger partial charge in [0.25, 0.3) is 0 Å². The number of quaternary nitrogens is 1. The van der Waals surface area contributed by atoms with Crippen LogP contribution in [0.4, 0.5) is 0 Å². The van der Waals surface area contributed by atoms with Gasteiger partial charge in [0.1, 0.15) is 12.6 Å². The molecular weight excluding hydrogens is 348 g/mol. The molecule has 0 saturated heterocycles. The zero-order valence-electron chi connectivity index (χ0n) is 14.0. The number of hydrogen-bond acceptors (Lipinski definition) is 7. The van der Waals surface area contributed by atoms with Crippen molar-refractivity contribution in [3.8, 4) is 0 Å². The maximum Gasteiger partial charge on any atom is 1.00 e. The van der Waals surface area contributed by atoms with Crippen molar-refractivity contribution in [2.24, 2.45) is 0 Å². The molecule has 0 aliphatic heterocycles. The van der Waals surface area contributed by atoms with Crippen LogP contribution in [0, 0.1) is 0 Å². The number of aliphatic hydroxyl groups is 1. The van der Waals surface area contributed by atoms with Gasteiger partial charge in [0.2, 0.25) is 0 Å². The summed E-state index contributed by atoms with van der Waals surface area (Å²) in [5, 5.41) is 38.4. The minimum Gasteiger partial charge on any atom is -0.550 e. The fourth-order valence-corrected chi connectivity index (χ4v) is 1.27. The molecule has 8 nitrogen and oxygen atoms in total. The molecule has 1 atom stereocenters. The minimum atomic E-state index is -1.23. The summed E-state index contributed by atoms with van der Waals surface area (Å²) in [5.74, 6) is -3.65. The number of nitrogens with zero attached hydrogens (tertiary/aromatic N) is 1. The summed E-state index contributed by atoms with van der Waals surface area (Å²) in [7, 11) is 5.66. The fraction of sp³-hybridized carbons (Fsp3) is 0.750. The van der Waals surface area contributed by atoms with Crippen molar-refractivity contribution in [2.45, 2.75) is 31.8 Å². The van der Waals surface area contributed by atoms with Gasteiger partial charge in [0.15, 0.2) is 0 Å². The second-order valence-electron chi connectivity index (χ2n) is 5.30. The number of aliphatic carboxylic acids is 3. The van der Waals surface area contributed by atoms with Gasteiger partial charge >= 0.3 is 103 Å². The molecule has 0 aromatic heterocycles. The molecule has 0 aliphatic carbocycles. The molecule has 0 rings (SSSR count). The Morgan fingerprint density at radius 3 is 1.50 bits per heavy atom. The number of aliphatic hydroxyl groups excluding tert-OH is 1. The van der Waals surface area contributed by atoms with Crippen molar-refractivity contribution in [1.82, 2.24) is 0 Å².